The second-order valence-electron chi connectivity index (χ2n) is 15.3. The number of nitrogens with zero attached hydrogens (tertiary/aromatic N) is 3. The third-order valence-electron chi connectivity index (χ3n) is 11.9. The van der Waals surface area contributed by atoms with Crippen LogP contribution in [0, 0.1) is 0 Å². The van der Waals surface area contributed by atoms with Crippen molar-refractivity contribution in [3.05, 3.63) is 224 Å². The second kappa shape index (κ2) is 13.8. The molecule has 0 aliphatic heterocycles. The largest absolute Gasteiger partial charge is 0.455 e. The molecule has 0 aliphatic rings. The van der Waals surface area contributed by atoms with E-state index in [9.17, 15) is 0 Å². The van der Waals surface area contributed by atoms with Crippen LogP contribution in [0.4, 0.5) is 34.1 Å². The van der Waals surface area contributed by atoms with E-state index in [0.717, 1.165) is 88.8 Å². The first-order chi connectivity index (χ1) is 29.8. The number of para-hydroxylation sites is 4. The molecule has 0 atom stereocenters. The van der Waals surface area contributed by atoms with Crippen LogP contribution in [-0.4, -0.2) is 4.57 Å². The van der Waals surface area contributed by atoms with Gasteiger partial charge in [0.05, 0.1) is 33.5 Å². The lowest BCUT2D eigenvalue weighted by molar-refractivity contribution is 0.672. The minimum Gasteiger partial charge on any atom is -0.455 e. The number of benzene rings is 10. The fourth-order valence-corrected chi connectivity index (χ4v) is 9.24. The highest BCUT2D eigenvalue weighted by Gasteiger charge is 2.27. The predicted octanol–water partition coefficient (Wildman–Crippen LogP) is 15.9. The summed E-state index contributed by atoms with van der Waals surface area (Å²) in [5, 5.41) is 9.16. The van der Waals surface area contributed by atoms with Crippen LogP contribution in [0.3, 0.4) is 0 Å². The van der Waals surface area contributed by atoms with Crippen molar-refractivity contribution in [2.45, 2.75) is 0 Å². The van der Waals surface area contributed by atoms with Crippen molar-refractivity contribution in [1.29, 1.82) is 0 Å². The molecule has 0 aliphatic carbocycles. The molecule has 0 radical (unpaired) electrons. The summed E-state index contributed by atoms with van der Waals surface area (Å²) in [6.45, 7) is 0. The van der Waals surface area contributed by atoms with Crippen molar-refractivity contribution in [3.63, 3.8) is 0 Å². The predicted molar refractivity (Wildman–Crippen MR) is 252 cm³/mol. The average Bonchev–Trinajstić information content (AvgIpc) is 3.87. The first-order valence-corrected chi connectivity index (χ1v) is 20.4. The molecular weight excluding hydrogens is 731 g/mol. The number of anilines is 6. The van der Waals surface area contributed by atoms with Crippen molar-refractivity contribution in [1.82, 2.24) is 4.57 Å². The van der Waals surface area contributed by atoms with Gasteiger partial charge in [-0.25, -0.2) is 0 Å². The molecule has 12 aromatic rings. The summed E-state index contributed by atoms with van der Waals surface area (Å²) in [4.78, 5) is 4.84. The lowest BCUT2D eigenvalue weighted by Gasteiger charge is -2.34. The van der Waals surface area contributed by atoms with E-state index in [4.69, 9.17) is 4.42 Å². The molecule has 0 spiro atoms. The van der Waals surface area contributed by atoms with Gasteiger partial charge in [-0.3, -0.25) is 0 Å². The quantitative estimate of drug-likeness (QED) is 0.161. The number of furan rings is 1. The van der Waals surface area contributed by atoms with E-state index in [2.05, 4.69) is 239 Å². The van der Waals surface area contributed by atoms with E-state index < -0.39 is 0 Å². The Labute approximate surface area is 347 Å². The van der Waals surface area contributed by atoms with Gasteiger partial charge in [-0.1, -0.05) is 140 Å². The molecule has 2 aromatic heterocycles. The highest BCUT2D eigenvalue weighted by molar-refractivity contribution is 6.20. The molecule has 4 heteroatoms. The molecule has 0 amide bonds. The zero-order valence-corrected chi connectivity index (χ0v) is 32.6. The van der Waals surface area contributed by atoms with Gasteiger partial charge in [0.25, 0.3) is 0 Å². The zero-order chi connectivity index (χ0) is 39.6. The Bertz CT molecular complexity index is 3550. The summed E-state index contributed by atoms with van der Waals surface area (Å²) in [6.07, 6.45) is 0. The number of aromatic nitrogens is 1. The van der Waals surface area contributed by atoms with E-state index >= 15 is 0 Å². The van der Waals surface area contributed by atoms with Gasteiger partial charge >= 0.3 is 0 Å². The molecule has 4 nitrogen and oxygen atoms in total. The van der Waals surface area contributed by atoms with Crippen molar-refractivity contribution < 1.29 is 4.42 Å². The molecule has 0 unspecified atom stereocenters. The third-order valence-corrected chi connectivity index (χ3v) is 11.9. The van der Waals surface area contributed by atoms with Crippen LogP contribution >= 0.6 is 0 Å². The summed E-state index contributed by atoms with van der Waals surface area (Å²) in [5.74, 6) is 0. The maximum Gasteiger partial charge on any atom is 0.143 e. The smallest absolute Gasteiger partial charge is 0.143 e. The number of fused-ring (bicyclic) bond motifs is 9. The van der Waals surface area contributed by atoms with Crippen molar-refractivity contribution in [3.8, 4) is 5.69 Å². The van der Waals surface area contributed by atoms with Crippen LogP contribution in [0.1, 0.15) is 0 Å². The Hall–Kier alpha value is -8.08. The average molecular weight is 768 g/mol. The zero-order valence-electron chi connectivity index (χ0n) is 32.6. The van der Waals surface area contributed by atoms with Crippen LogP contribution in [0.5, 0.6) is 0 Å². The first-order valence-electron chi connectivity index (χ1n) is 20.4. The normalized spacial score (nSPS) is 11.7. The topological polar surface area (TPSA) is 24.6 Å². The summed E-state index contributed by atoms with van der Waals surface area (Å²) in [7, 11) is 0. The molecule has 0 bridgehead atoms. The highest BCUT2D eigenvalue weighted by Crippen LogP contribution is 2.51. The van der Waals surface area contributed by atoms with Gasteiger partial charge < -0.3 is 18.8 Å². The van der Waals surface area contributed by atoms with Crippen molar-refractivity contribution in [2.24, 2.45) is 0 Å². The number of hydrogen-bond acceptors (Lipinski definition) is 3. The van der Waals surface area contributed by atoms with Gasteiger partial charge in [-0.05, 0) is 101 Å². The summed E-state index contributed by atoms with van der Waals surface area (Å²) in [5.41, 5.74) is 11.5. The van der Waals surface area contributed by atoms with E-state index in [1.54, 1.807) is 0 Å². The minimum atomic E-state index is 0.848. The van der Waals surface area contributed by atoms with Crippen LogP contribution in [0.25, 0.3) is 71.0 Å². The summed E-state index contributed by atoms with van der Waals surface area (Å²) < 4.78 is 9.18. The van der Waals surface area contributed by atoms with Crippen LogP contribution in [0.2, 0.25) is 0 Å². The van der Waals surface area contributed by atoms with Crippen molar-refractivity contribution in [2.75, 3.05) is 9.80 Å². The fraction of sp³-hybridized carbons (Fsp3) is 0. The van der Waals surface area contributed by atoms with Gasteiger partial charge in [0.2, 0.25) is 0 Å². The van der Waals surface area contributed by atoms with Crippen LogP contribution in [-0.2, 0) is 0 Å². The Morgan fingerprint density at radius 3 is 1.63 bits per heavy atom. The van der Waals surface area contributed by atoms with E-state index in [0.29, 0.717) is 0 Å². The Kier molecular flexibility index (Phi) is 7.82. The SMILES string of the molecule is c1ccc(N(c2ccc3c4ccccc4n(-c4ccccc4)c3c2)c2cc3ccccc3cc2N(c2ccccc2)c2cccc3oc4c5ccccc5ccc4c23)cc1. The second-order valence-corrected chi connectivity index (χ2v) is 15.3. The Morgan fingerprint density at radius 2 is 0.900 bits per heavy atom. The Balaban J connectivity index is 1.17. The van der Waals surface area contributed by atoms with Crippen molar-refractivity contribution >= 4 is 99.4 Å². The maximum atomic E-state index is 6.79. The maximum absolute atomic E-state index is 6.79. The highest BCUT2D eigenvalue weighted by atomic mass is 16.3. The molecule has 10 aromatic carbocycles. The van der Waals surface area contributed by atoms with E-state index in [-0.39, 0.29) is 0 Å². The molecule has 0 saturated carbocycles. The lowest BCUT2D eigenvalue weighted by atomic mass is 10.0. The monoisotopic (exact) mass is 767 g/mol. The molecular formula is C56H37N3O. The van der Waals surface area contributed by atoms with Gasteiger partial charge in [-0.15, -0.1) is 0 Å². The molecule has 282 valence electrons. The van der Waals surface area contributed by atoms with Gasteiger partial charge in [-0.2, -0.15) is 0 Å². The molecule has 0 N–H and O–H groups in total. The lowest BCUT2D eigenvalue weighted by Crippen LogP contribution is -2.17. The molecule has 0 fully saturated rings. The number of rotatable bonds is 7. The molecule has 12 rings (SSSR count). The van der Waals surface area contributed by atoms with E-state index in [1.807, 2.05) is 0 Å². The first kappa shape index (κ1) is 34.0. The van der Waals surface area contributed by atoms with E-state index in [1.165, 1.54) is 16.3 Å². The molecule has 60 heavy (non-hydrogen) atoms. The van der Waals surface area contributed by atoms with Crippen LogP contribution < -0.4 is 9.80 Å². The summed E-state index contributed by atoms with van der Waals surface area (Å²) >= 11 is 0. The summed E-state index contributed by atoms with van der Waals surface area (Å²) in [6, 6.07) is 80.5. The standard InChI is InChI=1S/C56H37N3O/c1-4-20-41(21-5-1)57(44-32-34-47-46-27-14-15-28-49(46)58(51(47)37-44)42-22-6-2-7-23-42)52-35-39-18-10-11-19-40(39)36-53(52)59(43-24-8-3-9-25-43)50-29-16-30-54-55(50)48-33-31-38-17-12-13-26-45(38)56(48)60-54/h1-37H. The van der Waals surface area contributed by atoms with Gasteiger partial charge in [0.15, 0.2) is 0 Å². The van der Waals surface area contributed by atoms with Gasteiger partial charge in [0, 0.05) is 44.3 Å². The van der Waals surface area contributed by atoms with Gasteiger partial charge in [0.1, 0.15) is 11.2 Å². The fourth-order valence-electron chi connectivity index (χ4n) is 9.24. The van der Waals surface area contributed by atoms with Crippen LogP contribution in [0.15, 0.2) is 229 Å². The molecule has 0 saturated heterocycles. The Morgan fingerprint density at radius 1 is 0.333 bits per heavy atom. The third kappa shape index (κ3) is 5.39. The molecule has 2 heterocycles. The minimum absolute atomic E-state index is 0.848. The number of hydrogen-bond donors (Lipinski definition) is 0.